The Kier molecular flexibility index (Phi) is 7.53. The Morgan fingerprint density at radius 2 is 1.98 bits per heavy atom. The van der Waals surface area contributed by atoms with Gasteiger partial charge in [0.1, 0.15) is 22.8 Å². The van der Waals surface area contributed by atoms with Gasteiger partial charge < -0.3 is 9.30 Å². The Balaban J connectivity index is 1.54. The number of aromatic nitrogens is 7. The average molecular weight is 578 g/mol. The third-order valence-corrected chi connectivity index (χ3v) is 7.92. The minimum absolute atomic E-state index is 0.0383. The van der Waals surface area contributed by atoms with E-state index in [1.807, 2.05) is 28.8 Å². The highest BCUT2D eigenvalue weighted by molar-refractivity contribution is 6.30. The van der Waals surface area contributed by atoms with E-state index in [9.17, 15) is 4.79 Å². The number of alkyl halides is 1. The van der Waals surface area contributed by atoms with E-state index in [-0.39, 0.29) is 29.5 Å². The van der Waals surface area contributed by atoms with Gasteiger partial charge in [-0.05, 0) is 42.4 Å². The highest BCUT2D eigenvalue weighted by Crippen LogP contribution is 2.37. The molecule has 4 aromatic heterocycles. The zero-order valence-electron chi connectivity index (χ0n) is 22.7. The second-order valence-corrected chi connectivity index (χ2v) is 11.0. The monoisotopic (exact) mass is 577 g/mol. The minimum Gasteiger partial charge on any atom is -0.496 e. The van der Waals surface area contributed by atoms with E-state index in [1.165, 1.54) is 6.20 Å². The predicted octanol–water partition coefficient (Wildman–Crippen LogP) is 5.97. The number of fused-ring (bicyclic) bond motifs is 1. The number of ether oxygens (including phenoxy) is 1. The molecule has 6 rings (SSSR count). The molecule has 1 aliphatic carbocycles. The van der Waals surface area contributed by atoms with Crippen LogP contribution in [0.2, 0.25) is 5.02 Å². The maximum atomic E-state index is 16.4. The van der Waals surface area contributed by atoms with Gasteiger partial charge >= 0.3 is 5.76 Å². The van der Waals surface area contributed by atoms with E-state index in [0.717, 1.165) is 31.2 Å². The van der Waals surface area contributed by atoms with Crippen LogP contribution in [0, 0.1) is 11.8 Å². The van der Waals surface area contributed by atoms with Gasteiger partial charge in [-0.1, -0.05) is 54.7 Å². The van der Waals surface area contributed by atoms with Crippen molar-refractivity contribution in [3.05, 3.63) is 69.7 Å². The normalized spacial score (nSPS) is 18.0. The van der Waals surface area contributed by atoms with Gasteiger partial charge in [0.05, 0.1) is 12.1 Å². The molecule has 0 aliphatic heterocycles. The van der Waals surface area contributed by atoms with Crippen LogP contribution in [0.4, 0.5) is 4.39 Å². The van der Waals surface area contributed by atoms with Crippen LogP contribution in [0.5, 0.6) is 5.75 Å². The Labute approximate surface area is 240 Å². The van der Waals surface area contributed by atoms with Crippen molar-refractivity contribution in [2.24, 2.45) is 11.8 Å². The van der Waals surface area contributed by atoms with Crippen molar-refractivity contribution >= 4 is 22.8 Å². The van der Waals surface area contributed by atoms with Crippen LogP contribution in [0.15, 0.2) is 52.0 Å². The molecule has 41 heavy (non-hydrogen) atoms. The topological polar surface area (TPSA) is 125 Å². The molecule has 0 saturated heterocycles. The molecule has 212 valence electrons. The average Bonchev–Trinajstić information content (AvgIpc) is 3.57. The summed E-state index contributed by atoms with van der Waals surface area (Å²) in [4.78, 5) is 32.5. The standard InChI is InChI=1S/C29H29ClFN7O3/c1-16-7-9-17(10-8-16)15-38-24-23(19-11-20(30)14-32-13-19)33-26(27-36-29(39)41-37-27)34-25(24)35-28(38)21(31)12-18-5-3-4-6-22(18)40-2/h3-6,11,13-14,16-17,21H,7-10,12,15H2,1-2H3,(H,36,37,39). The van der Waals surface area contributed by atoms with Crippen LogP contribution in [0.25, 0.3) is 34.1 Å². The van der Waals surface area contributed by atoms with E-state index >= 15 is 4.39 Å². The maximum absolute atomic E-state index is 16.4. The van der Waals surface area contributed by atoms with E-state index < -0.39 is 11.9 Å². The smallest absolute Gasteiger partial charge is 0.439 e. The SMILES string of the molecule is COc1ccccc1CC(F)c1nc2nc(-c3noc(=O)[nH]3)nc(-c3cncc(Cl)c3)c2n1CC1CCC(C)CC1. The number of halogens is 2. The highest BCUT2D eigenvalue weighted by atomic mass is 35.5. The molecule has 12 heteroatoms. The quantitative estimate of drug-likeness (QED) is 0.239. The van der Waals surface area contributed by atoms with E-state index in [1.54, 1.807) is 19.4 Å². The predicted molar refractivity (Wildman–Crippen MR) is 151 cm³/mol. The van der Waals surface area contributed by atoms with Gasteiger partial charge in [-0.15, -0.1) is 0 Å². The molecule has 0 amide bonds. The van der Waals surface area contributed by atoms with Crippen LogP contribution < -0.4 is 10.5 Å². The summed E-state index contributed by atoms with van der Waals surface area (Å²) in [6, 6.07) is 9.10. The molecule has 5 aromatic rings. The third kappa shape index (κ3) is 5.58. The summed E-state index contributed by atoms with van der Waals surface area (Å²) < 4.78 is 28.5. The number of hydrogen-bond acceptors (Lipinski definition) is 8. The lowest BCUT2D eigenvalue weighted by atomic mass is 9.83. The number of methoxy groups -OCH3 is 1. The van der Waals surface area contributed by atoms with E-state index in [2.05, 4.69) is 31.6 Å². The summed E-state index contributed by atoms with van der Waals surface area (Å²) in [6.07, 6.45) is 6.09. The number of pyridine rings is 1. The van der Waals surface area contributed by atoms with Crippen molar-refractivity contribution in [1.82, 2.24) is 34.6 Å². The van der Waals surface area contributed by atoms with Crippen molar-refractivity contribution in [2.75, 3.05) is 7.11 Å². The first-order valence-electron chi connectivity index (χ1n) is 13.6. The number of hydrogen-bond donors (Lipinski definition) is 1. The zero-order valence-corrected chi connectivity index (χ0v) is 23.4. The lowest BCUT2D eigenvalue weighted by Crippen LogP contribution is -2.20. The molecule has 1 atom stereocenters. The fraction of sp³-hybridized carbons (Fsp3) is 0.379. The van der Waals surface area contributed by atoms with Gasteiger partial charge in [-0.3, -0.25) is 14.5 Å². The van der Waals surface area contributed by atoms with Gasteiger partial charge in [0.2, 0.25) is 11.6 Å². The van der Waals surface area contributed by atoms with Crippen LogP contribution in [0.1, 0.15) is 50.2 Å². The summed E-state index contributed by atoms with van der Waals surface area (Å²) in [7, 11) is 1.57. The van der Waals surface area contributed by atoms with Gasteiger partial charge in [-0.2, -0.15) is 0 Å². The van der Waals surface area contributed by atoms with Crippen LogP contribution >= 0.6 is 11.6 Å². The second-order valence-electron chi connectivity index (χ2n) is 10.6. The number of imidazole rings is 1. The molecular weight excluding hydrogens is 549 g/mol. The number of aromatic amines is 1. The van der Waals surface area contributed by atoms with Crippen molar-refractivity contribution in [2.45, 2.75) is 51.7 Å². The van der Waals surface area contributed by atoms with E-state index in [0.29, 0.717) is 45.9 Å². The molecule has 1 saturated carbocycles. The fourth-order valence-corrected chi connectivity index (χ4v) is 5.75. The lowest BCUT2D eigenvalue weighted by Gasteiger charge is -2.27. The van der Waals surface area contributed by atoms with Gasteiger partial charge in [0, 0.05) is 30.9 Å². The van der Waals surface area contributed by atoms with Crippen LogP contribution in [-0.2, 0) is 13.0 Å². The Bertz CT molecular complexity index is 1740. The molecular formula is C29H29ClFN7O3. The number of rotatable bonds is 8. The first-order valence-corrected chi connectivity index (χ1v) is 14.0. The second kappa shape index (κ2) is 11.4. The summed E-state index contributed by atoms with van der Waals surface area (Å²) >= 11 is 6.31. The van der Waals surface area contributed by atoms with Crippen LogP contribution in [-0.4, -0.2) is 41.8 Å². The molecule has 1 aromatic carbocycles. The lowest BCUT2D eigenvalue weighted by molar-refractivity contribution is 0.253. The Morgan fingerprint density at radius 3 is 2.71 bits per heavy atom. The van der Waals surface area contributed by atoms with E-state index in [4.69, 9.17) is 26.3 Å². The molecule has 1 aliphatic rings. The molecule has 1 N–H and O–H groups in total. The van der Waals surface area contributed by atoms with Crippen molar-refractivity contribution in [3.8, 4) is 28.7 Å². The maximum Gasteiger partial charge on any atom is 0.439 e. The zero-order chi connectivity index (χ0) is 28.5. The molecule has 10 nitrogen and oxygen atoms in total. The Hall–Kier alpha value is -4.12. The van der Waals surface area contributed by atoms with Crippen molar-refractivity contribution < 1.29 is 13.7 Å². The van der Waals surface area contributed by atoms with Gasteiger partial charge in [0.15, 0.2) is 11.8 Å². The largest absolute Gasteiger partial charge is 0.496 e. The first-order chi connectivity index (χ1) is 19.9. The Morgan fingerprint density at radius 1 is 1.17 bits per heavy atom. The number of benzene rings is 1. The molecule has 0 spiro atoms. The molecule has 1 unspecified atom stereocenters. The molecule has 4 heterocycles. The first kappa shape index (κ1) is 27.1. The summed E-state index contributed by atoms with van der Waals surface area (Å²) in [6.45, 7) is 2.84. The molecule has 0 radical (unpaired) electrons. The fourth-order valence-electron chi connectivity index (χ4n) is 5.58. The number of nitrogens with one attached hydrogen (secondary N) is 1. The molecule has 0 bridgehead atoms. The summed E-state index contributed by atoms with van der Waals surface area (Å²) in [5.41, 5.74) is 2.63. The summed E-state index contributed by atoms with van der Waals surface area (Å²) in [5.74, 6) is 1.26. The van der Waals surface area contributed by atoms with Gasteiger partial charge in [-0.25, -0.2) is 24.1 Å². The highest BCUT2D eigenvalue weighted by Gasteiger charge is 2.29. The third-order valence-electron chi connectivity index (χ3n) is 7.71. The molecule has 1 fully saturated rings. The number of para-hydroxylation sites is 1. The summed E-state index contributed by atoms with van der Waals surface area (Å²) in [5, 5.41) is 4.17. The number of H-pyrrole nitrogens is 1. The van der Waals surface area contributed by atoms with Crippen LogP contribution in [0.3, 0.4) is 0 Å². The van der Waals surface area contributed by atoms with Gasteiger partial charge in [0.25, 0.3) is 0 Å². The van der Waals surface area contributed by atoms with Crippen molar-refractivity contribution in [1.29, 1.82) is 0 Å². The minimum atomic E-state index is -1.45. The van der Waals surface area contributed by atoms with Crippen molar-refractivity contribution in [3.63, 3.8) is 0 Å². The number of nitrogens with zero attached hydrogens (tertiary/aromatic N) is 6.